The molecule has 0 N–H and O–H groups in total. The topological polar surface area (TPSA) is 57.9 Å². The van der Waals surface area contributed by atoms with Crippen LogP contribution in [0.3, 0.4) is 0 Å². The monoisotopic (exact) mass is 315 g/mol. The van der Waals surface area contributed by atoms with Crippen LogP contribution in [0, 0.1) is 11.3 Å². The number of benzene rings is 2. The molecule has 0 fully saturated rings. The van der Waals surface area contributed by atoms with Crippen molar-refractivity contribution in [1.82, 2.24) is 4.48 Å². The average Bonchev–Trinajstić information content (AvgIpc) is 2.90. The first-order valence-electron chi connectivity index (χ1n) is 7.44. The van der Waals surface area contributed by atoms with Gasteiger partial charge in [0.1, 0.15) is 5.70 Å². The fourth-order valence-electron chi connectivity index (χ4n) is 3.03. The minimum Gasteiger partial charge on any atom is -0.225 e. The van der Waals surface area contributed by atoms with E-state index in [2.05, 4.69) is 12.6 Å². The van der Waals surface area contributed by atoms with Gasteiger partial charge in [-0.15, -0.1) is 4.48 Å². The molecule has 0 unspecified atom stereocenters. The predicted molar refractivity (Wildman–Crippen MR) is 92.4 cm³/mol. The van der Waals surface area contributed by atoms with Gasteiger partial charge in [0, 0.05) is 18.6 Å². The smallest absolute Gasteiger partial charge is 0.225 e. The van der Waals surface area contributed by atoms with Gasteiger partial charge in [-0.3, -0.25) is 0 Å². The van der Waals surface area contributed by atoms with Crippen LogP contribution in [0.2, 0.25) is 0 Å². The van der Waals surface area contributed by atoms with Crippen LogP contribution in [0.4, 0.5) is 5.69 Å². The van der Waals surface area contributed by atoms with E-state index in [4.69, 9.17) is 0 Å². The highest BCUT2D eigenvalue weighted by atomic mass is 16.2. The van der Waals surface area contributed by atoms with Crippen molar-refractivity contribution in [3.63, 3.8) is 0 Å². The molecule has 4 heteroatoms. The van der Waals surface area contributed by atoms with Gasteiger partial charge in [-0.25, -0.2) is 9.59 Å². The Hall–Kier alpha value is -3.29. The predicted octanol–water partition coefficient (Wildman–Crippen LogP) is 3.69. The van der Waals surface area contributed by atoms with E-state index in [1.165, 1.54) is 12.2 Å². The van der Waals surface area contributed by atoms with Crippen LogP contribution < -0.4 is 4.48 Å². The van der Waals surface area contributed by atoms with E-state index in [0.29, 0.717) is 16.9 Å². The van der Waals surface area contributed by atoms with Gasteiger partial charge >= 0.3 is 11.8 Å². The van der Waals surface area contributed by atoms with Crippen molar-refractivity contribution in [2.75, 3.05) is 0 Å². The molecule has 0 radical (unpaired) electrons. The minimum atomic E-state index is -0.611. The van der Waals surface area contributed by atoms with E-state index < -0.39 is 4.48 Å². The molecule has 116 valence electrons. The SMILES string of the molecule is C=C(C)[N+]1(c2cc(C#N)ccc2-c2ccccc2)C(=O)C=CC1=O. The first kappa shape index (κ1) is 15.6. The third kappa shape index (κ3) is 2.11. The van der Waals surface area contributed by atoms with Crippen LogP contribution in [0.1, 0.15) is 12.5 Å². The van der Waals surface area contributed by atoms with E-state index in [-0.39, 0.29) is 11.8 Å². The summed E-state index contributed by atoms with van der Waals surface area (Å²) in [5.41, 5.74) is 2.82. The first-order valence-corrected chi connectivity index (χ1v) is 7.44. The lowest BCUT2D eigenvalue weighted by Gasteiger charge is -2.29. The number of amides is 2. The lowest BCUT2D eigenvalue weighted by atomic mass is 9.99. The van der Waals surface area contributed by atoms with E-state index in [1.807, 2.05) is 30.3 Å². The Balaban J connectivity index is 2.38. The molecule has 0 saturated heterocycles. The van der Waals surface area contributed by atoms with Crippen molar-refractivity contribution in [1.29, 1.82) is 5.26 Å². The molecule has 3 rings (SSSR count). The number of rotatable bonds is 3. The fourth-order valence-corrected chi connectivity index (χ4v) is 3.03. The van der Waals surface area contributed by atoms with Crippen molar-refractivity contribution in [3.8, 4) is 17.2 Å². The fraction of sp³-hybridized carbons (Fsp3) is 0.0500. The standard InChI is InChI=1S/C20H15N2O2/c1-14(2)22(19(23)10-11-20(22)24)18-12-15(13-21)8-9-17(18)16-6-4-3-5-7-16/h3-12H,1H2,2H3/q+1. The second-order valence-corrected chi connectivity index (χ2v) is 5.63. The van der Waals surface area contributed by atoms with Crippen molar-refractivity contribution in [3.05, 3.63) is 78.5 Å². The van der Waals surface area contributed by atoms with Crippen LogP contribution in [-0.4, -0.2) is 11.8 Å². The Morgan fingerprint density at radius 2 is 1.67 bits per heavy atom. The van der Waals surface area contributed by atoms with Gasteiger partial charge in [-0.2, -0.15) is 5.26 Å². The highest BCUT2D eigenvalue weighted by Gasteiger charge is 2.51. The van der Waals surface area contributed by atoms with Crippen LogP contribution in [0.25, 0.3) is 11.1 Å². The summed E-state index contributed by atoms with van der Waals surface area (Å²) in [6.07, 6.45) is 2.54. The molecule has 1 heterocycles. The maximum absolute atomic E-state index is 12.7. The summed E-state index contributed by atoms with van der Waals surface area (Å²) in [7, 11) is 0. The molecule has 0 spiro atoms. The molecule has 24 heavy (non-hydrogen) atoms. The first-order chi connectivity index (χ1) is 11.5. The summed E-state index contributed by atoms with van der Waals surface area (Å²) in [6.45, 7) is 5.53. The Morgan fingerprint density at radius 3 is 2.21 bits per heavy atom. The maximum Gasteiger partial charge on any atom is 0.356 e. The number of hydrogen-bond donors (Lipinski definition) is 0. The second-order valence-electron chi connectivity index (χ2n) is 5.63. The number of carbonyl (C=O) groups excluding carboxylic acids is 2. The number of nitriles is 1. The Bertz CT molecular complexity index is 916. The summed E-state index contributed by atoms with van der Waals surface area (Å²) in [4.78, 5) is 25.3. The molecular formula is C20H15N2O2+. The number of nitrogens with zero attached hydrogens (tertiary/aromatic N) is 2. The molecule has 1 aliphatic heterocycles. The number of imide groups is 1. The van der Waals surface area contributed by atoms with E-state index in [0.717, 1.165) is 11.1 Å². The third-order valence-electron chi connectivity index (χ3n) is 4.18. The molecule has 0 aliphatic carbocycles. The Kier molecular flexibility index (Phi) is 3.72. The van der Waals surface area contributed by atoms with Gasteiger partial charge in [0.2, 0.25) is 0 Å². The molecular weight excluding hydrogens is 300 g/mol. The molecule has 2 amide bonds. The molecule has 1 aliphatic rings. The molecule has 0 atom stereocenters. The molecule has 2 aromatic carbocycles. The van der Waals surface area contributed by atoms with Crippen molar-refractivity contribution in [2.24, 2.45) is 0 Å². The van der Waals surface area contributed by atoms with Gasteiger partial charge in [0.15, 0.2) is 5.69 Å². The molecule has 0 aromatic heterocycles. The summed E-state index contributed by atoms with van der Waals surface area (Å²) in [5.74, 6) is -0.750. The van der Waals surface area contributed by atoms with Crippen LogP contribution in [-0.2, 0) is 9.59 Å². The van der Waals surface area contributed by atoms with E-state index in [1.54, 1.807) is 25.1 Å². The number of allylic oxidation sites excluding steroid dienone is 1. The summed E-state index contributed by atoms with van der Waals surface area (Å²) >= 11 is 0. The third-order valence-corrected chi connectivity index (χ3v) is 4.18. The number of hydrogen-bond acceptors (Lipinski definition) is 3. The minimum absolute atomic E-state index is 0.375. The van der Waals surface area contributed by atoms with Crippen molar-refractivity contribution >= 4 is 17.5 Å². The lowest BCUT2D eigenvalue weighted by Crippen LogP contribution is -2.52. The zero-order valence-corrected chi connectivity index (χ0v) is 13.2. The van der Waals surface area contributed by atoms with Gasteiger partial charge in [-0.1, -0.05) is 30.3 Å². The molecule has 0 saturated carbocycles. The normalized spacial score (nSPS) is 15.3. The Morgan fingerprint density at radius 1 is 1.04 bits per heavy atom. The van der Waals surface area contributed by atoms with Crippen molar-refractivity contribution in [2.45, 2.75) is 6.92 Å². The zero-order chi connectivity index (χ0) is 17.3. The summed E-state index contributed by atoms with van der Waals surface area (Å²) in [6, 6.07) is 16.6. The maximum atomic E-state index is 12.7. The molecule has 4 nitrogen and oxygen atoms in total. The van der Waals surface area contributed by atoms with Gasteiger partial charge in [-0.05, 0) is 24.3 Å². The number of carbonyl (C=O) groups is 2. The Labute approximate surface area is 140 Å². The number of quaternary nitrogens is 1. The quantitative estimate of drug-likeness (QED) is 0.641. The average molecular weight is 315 g/mol. The second kappa shape index (κ2) is 5.73. The van der Waals surface area contributed by atoms with Crippen LogP contribution >= 0.6 is 0 Å². The van der Waals surface area contributed by atoms with E-state index >= 15 is 0 Å². The van der Waals surface area contributed by atoms with Crippen LogP contribution in [0.5, 0.6) is 0 Å². The van der Waals surface area contributed by atoms with Crippen LogP contribution in [0.15, 0.2) is 73.0 Å². The molecule has 0 bridgehead atoms. The summed E-state index contributed by atoms with van der Waals surface area (Å²) in [5, 5.41) is 9.26. The van der Waals surface area contributed by atoms with Crippen molar-refractivity contribution < 1.29 is 9.59 Å². The van der Waals surface area contributed by atoms with Gasteiger partial charge < -0.3 is 0 Å². The highest BCUT2D eigenvalue weighted by molar-refractivity contribution is 6.25. The highest BCUT2D eigenvalue weighted by Crippen LogP contribution is 2.41. The zero-order valence-electron chi connectivity index (χ0n) is 13.2. The molecule has 2 aromatic rings. The van der Waals surface area contributed by atoms with E-state index in [9.17, 15) is 14.9 Å². The van der Waals surface area contributed by atoms with Gasteiger partial charge in [0.25, 0.3) is 0 Å². The largest absolute Gasteiger partial charge is 0.356 e. The lowest BCUT2D eigenvalue weighted by molar-refractivity contribution is -0.133. The summed E-state index contributed by atoms with van der Waals surface area (Å²) < 4.78 is -0.611. The van der Waals surface area contributed by atoms with Gasteiger partial charge in [0.05, 0.1) is 23.8 Å².